The molecule has 2 aromatic rings. The molecule has 1 aliphatic rings. The van der Waals surface area contributed by atoms with Crippen molar-refractivity contribution in [2.75, 3.05) is 32.1 Å². The number of rotatable bonds is 6. The molecule has 0 spiro atoms. The maximum Gasteiger partial charge on any atom is 0.251 e. The minimum absolute atomic E-state index is 0.0181. The maximum absolute atomic E-state index is 12.7. The van der Waals surface area contributed by atoms with Crippen molar-refractivity contribution in [3.05, 3.63) is 35.8 Å². The molecule has 0 saturated carbocycles. The topological polar surface area (TPSA) is 71.5 Å². The molecule has 2 aromatic heterocycles. The van der Waals surface area contributed by atoms with E-state index in [1.54, 1.807) is 12.4 Å². The van der Waals surface area contributed by atoms with Crippen LogP contribution in [0.2, 0.25) is 0 Å². The Hall–Kier alpha value is -2.54. The molecule has 144 valence electrons. The van der Waals surface area contributed by atoms with Gasteiger partial charge >= 0.3 is 0 Å². The first-order valence-corrected chi connectivity index (χ1v) is 9.39. The second-order valence-electron chi connectivity index (χ2n) is 6.95. The van der Waals surface area contributed by atoms with Gasteiger partial charge in [-0.15, -0.1) is 0 Å². The van der Waals surface area contributed by atoms with Gasteiger partial charge in [-0.3, -0.25) is 9.78 Å². The monoisotopic (exact) mass is 369 g/mol. The Balaban J connectivity index is 1.90. The predicted molar refractivity (Wildman–Crippen MR) is 104 cm³/mol. The summed E-state index contributed by atoms with van der Waals surface area (Å²) >= 11 is 0. The van der Waals surface area contributed by atoms with E-state index in [-0.39, 0.29) is 5.91 Å². The molecule has 0 N–H and O–H groups in total. The Bertz CT molecular complexity index is 794. The smallest absolute Gasteiger partial charge is 0.251 e. The lowest BCUT2D eigenvalue weighted by Crippen LogP contribution is -2.43. The Morgan fingerprint density at radius 1 is 1.30 bits per heavy atom. The minimum atomic E-state index is -0.429. The third-order valence-electron chi connectivity index (χ3n) is 4.64. The fourth-order valence-corrected chi connectivity index (χ4v) is 3.22. The minimum Gasteiger partial charge on any atom is -0.369 e. The molecule has 0 saturated heterocycles. The SMILES string of the molecule is CCCO[C@H](C)C(=O)N1CCc2c(nc(-c3ccncc3)nc2N(C)C)C1. The number of carbonyl (C=O) groups is 1. The van der Waals surface area contributed by atoms with Crippen LogP contribution in [0.15, 0.2) is 24.5 Å². The second-order valence-corrected chi connectivity index (χ2v) is 6.95. The van der Waals surface area contributed by atoms with Crippen LogP contribution in [0.1, 0.15) is 31.5 Å². The summed E-state index contributed by atoms with van der Waals surface area (Å²) in [5.74, 6) is 1.59. The van der Waals surface area contributed by atoms with Gasteiger partial charge in [-0.1, -0.05) is 6.92 Å². The zero-order chi connectivity index (χ0) is 19.4. The summed E-state index contributed by atoms with van der Waals surface area (Å²) in [5.41, 5.74) is 2.94. The zero-order valence-corrected chi connectivity index (χ0v) is 16.5. The van der Waals surface area contributed by atoms with Gasteiger partial charge in [-0.05, 0) is 31.9 Å². The van der Waals surface area contributed by atoms with Crippen molar-refractivity contribution < 1.29 is 9.53 Å². The third-order valence-corrected chi connectivity index (χ3v) is 4.64. The molecule has 0 radical (unpaired) electrons. The Morgan fingerprint density at radius 3 is 2.70 bits per heavy atom. The first-order valence-electron chi connectivity index (χ1n) is 9.39. The van der Waals surface area contributed by atoms with E-state index < -0.39 is 6.10 Å². The highest BCUT2D eigenvalue weighted by molar-refractivity contribution is 5.81. The highest BCUT2D eigenvalue weighted by Crippen LogP contribution is 2.28. The number of ether oxygens (including phenoxy) is 1. The normalized spacial score (nSPS) is 14.6. The average Bonchev–Trinajstić information content (AvgIpc) is 2.70. The Labute approximate surface area is 160 Å². The van der Waals surface area contributed by atoms with E-state index >= 15 is 0 Å². The third kappa shape index (κ3) is 4.24. The van der Waals surface area contributed by atoms with Gasteiger partial charge in [0.25, 0.3) is 5.91 Å². The van der Waals surface area contributed by atoms with E-state index in [4.69, 9.17) is 14.7 Å². The fraction of sp³-hybridized carbons (Fsp3) is 0.500. The van der Waals surface area contributed by atoms with Crippen molar-refractivity contribution in [3.8, 4) is 11.4 Å². The summed E-state index contributed by atoms with van der Waals surface area (Å²) in [7, 11) is 3.97. The van der Waals surface area contributed by atoms with Crippen LogP contribution in [-0.2, 0) is 22.5 Å². The molecule has 1 aliphatic heterocycles. The summed E-state index contributed by atoms with van der Waals surface area (Å²) in [4.78, 5) is 30.2. The van der Waals surface area contributed by atoms with Crippen LogP contribution in [0, 0.1) is 0 Å². The van der Waals surface area contributed by atoms with Gasteiger partial charge in [-0.25, -0.2) is 9.97 Å². The lowest BCUT2D eigenvalue weighted by molar-refractivity contribution is -0.143. The standard InChI is InChI=1S/C20H27N5O2/c1-5-12-27-14(2)20(26)25-11-8-16-17(13-25)22-18(23-19(16)24(3)4)15-6-9-21-10-7-15/h6-7,9-10,14H,5,8,11-13H2,1-4H3/t14-/m1/s1. The van der Waals surface area contributed by atoms with Crippen molar-refractivity contribution in [1.29, 1.82) is 0 Å². The van der Waals surface area contributed by atoms with E-state index in [1.807, 2.05) is 49.9 Å². The lowest BCUT2D eigenvalue weighted by Gasteiger charge is -2.32. The van der Waals surface area contributed by atoms with Crippen LogP contribution >= 0.6 is 0 Å². The number of hydrogen-bond acceptors (Lipinski definition) is 6. The van der Waals surface area contributed by atoms with Crippen molar-refractivity contribution in [3.63, 3.8) is 0 Å². The largest absolute Gasteiger partial charge is 0.369 e. The maximum atomic E-state index is 12.7. The van der Waals surface area contributed by atoms with E-state index in [0.717, 1.165) is 35.5 Å². The molecular formula is C20H27N5O2. The summed E-state index contributed by atoms with van der Waals surface area (Å²) in [6.07, 6.45) is 4.67. The number of nitrogens with zero attached hydrogens (tertiary/aromatic N) is 5. The molecule has 0 aromatic carbocycles. The number of pyridine rings is 1. The number of amides is 1. The summed E-state index contributed by atoms with van der Waals surface area (Å²) < 4.78 is 5.61. The number of hydrogen-bond donors (Lipinski definition) is 0. The van der Waals surface area contributed by atoms with Crippen LogP contribution in [0.4, 0.5) is 5.82 Å². The quantitative estimate of drug-likeness (QED) is 0.778. The van der Waals surface area contributed by atoms with Crippen LogP contribution in [0.25, 0.3) is 11.4 Å². The number of anilines is 1. The molecular weight excluding hydrogens is 342 g/mol. The van der Waals surface area contributed by atoms with E-state index in [2.05, 4.69) is 4.98 Å². The van der Waals surface area contributed by atoms with Crippen molar-refractivity contribution >= 4 is 11.7 Å². The van der Waals surface area contributed by atoms with Gasteiger partial charge in [0.05, 0.1) is 12.2 Å². The van der Waals surface area contributed by atoms with E-state index in [0.29, 0.717) is 25.5 Å². The molecule has 7 nitrogen and oxygen atoms in total. The van der Waals surface area contributed by atoms with Gasteiger partial charge in [-0.2, -0.15) is 0 Å². The van der Waals surface area contributed by atoms with Gasteiger partial charge in [0.15, 0.2) is 5.82 Å². The van der Waals surface area contributed by atoms with E-state index in [1.165, 1.54) is 0 Å². The van der Waals surface area contributed by atoms with E-state index in [9.17, 15) is 4.79 Å². The molecule has 0 fully saturated rings. The fourth-order valence-electron chi connectivity index (χ4n) is 3.22. The van der Waals surface area contributed by atoms with Crippen molar-refractivity contribution in [2.45, 2.75) is 39.3 Å². The number of aromatic nitrogens is 3. The molecule has 0 unspecified atom stereocenters. The zero-order valence-electron chi connectivity index (χ0n) is 16.5. The summed E-state index contributed by atoms with van der Waals surface area (Å²) in [6.45, 7) is 5.59. The first-order chi connectivity index (χ1) is 13.0. The van der Waals surface area contributed by atoms with Gasteiger partial charge < -0.3 is 14.5 Å². The number of fused-ring (bicyclic) bond motifs is 1. The molecule has 1 atom stereocenters. The first kappa shape index (κ1) is 19.2. The molecule has 3 rings (SSSR count). The van der Waals surface area contributed by atoms with Crippen LogP contribution in [-0.4, -0.2) is 59.1 Å². The summed E-state index contributed by atoms with van der Waals surface area (Å²) in [5, 5.41) is 0. The van der Waals surface area contributed by atoms with Gasteiger partial charge in [0.2, 0.25) is 0 Å². The van der Waals surface area contributed by atoms with Crippen molar-refractivity contribution in [1.82, 2.24) is 19.9 Å². The second kappa shape index (κ2) is 8.43. The molecule has 0 aliphatic carbocycles. The Kier molecular flexibility index (Phi) is 6.01. The molecule has 7 heteroatoms. The highest BCUT2D eigenvalue weighted by Gasteiger charge is 2.28. The molecule has 3 heterocycles. The van der Waals surface area contributed by atoms with Crippen LogP contribution < -0.4 is 4.90 Å². The molecule has 1 amide bonds. The van der Waals surface area contributed by atoms with Crippen LogP contribution in [0.3, 0.4) is 0 Å². The summed E-state index contributed by atoms with van der Waals surface area (Å²) in [6, 6.07) is 3.79. The molecule has 27 heavy (non-hydrogen) atoms. The van der Waals surface area contributed by atoms with Gasteiger partial charge in [0, 0.05) is 50.8 Å². The van der Waals surface area contributed by atoms with Crippen LogP contribution in [0.5, 0.6) is 0 Å². The Morgan fingerprint density at radius 2 is 2.04 bits per heavy atom. The lowest BCUT2D eigenvalue weighted by atomic mass is 10.0. The molecule has 0 bridgehead atoms. The predicted octanol–water partition coefficient (Wildman–Crippen LogP) is 2.30. The van der Waals surface area contributed by atoms with Crippen molar-refractivity contribution in [2.24, 2.45) is 0 Å². The highest BCUT2D eigenvalue weighted by atomic mass is 16.5. The average molecular weight is 369 g/mol. The number of carbonyl (C=O) groups excluding carboxylic acids is 1. The van der Waals surface area contributed by atoms with Gasteiger partial charge in [0.1, 0.15) is 11.9 Å².